The second kappa shape index (κ2) is 6.82. The van der Waals surface area contributed by atoms with Crippen LogP contribution in [0.15, 0.2) is 36.4 Å². The van der Waals surface area contributed by atoms with Crippen LogP contribution in [0.2, 0.25) is 5.02 Å². The summed E-state index contributed by atoms with van der Waals surface area (Å²) in [6, 6.07) is 9.37. The van der Waals surface area contributed by atoms with Crippen molar-refractivity contribution < 1.29 is 8.78 Å². The molecule has 0 atom stereocenters. The molecule has 0 bridgehead atoms. The SMILES string of the molecule is CCCNCc1ccc(Cl)cc1-c1ccc(F)c(F)c1. The van der Waals surface area contributed by atoms with Crippen LogP contribution in [-0.2, 0) is 6.54 Å². The molecule has 0 aliphatic carbocycles. The fourth-order valence-corrected chi connectivity index (χ4v) is 2.21. The molecular formula is C16H16ClF2N. The lowest BCUT2D eigenvalue weighted by atomic mass is 9.99. The van der Waals surface area contributed by atoms with Crippen LogP contribution in [0, 0.1) is 11.6 Å². The summed E-state index contributed by atoms with van der Waals surface area (Å²) in [6.45, 7) is 3.66. The Kier molecular flexibility index (Phi) is 5.10. The van der Waals surface area contributed by atoms with Gasteiger partial charge in [0.1, 0.15) is 0 Å². The molecule has 2 rings (SSSR count). The zero-order valence-corrected chi connectivity index (χ0v) is 12.0. The Balaban J connectivity index is 2.37. The average molecular weight is 296 g/mol. The molecule has 20 heavy (non-hydrogen) atoms. The molecule has 0 amide bonds. The monoisotopic (exact) mass is 295 g/mol. The van der Waals surface area contributed by atoms with Crippen molar-refractivity contribution in [2.75, 3.05) is 6.54 Å². The zero-order chi connectivity index (χ0) is 14.5. The third kappa shape index (κ3) is 3.56. The highest BCUT2D eigenvalue weighted by atomic mass is 35.5. The maximum absolute atomic E-state index is 13.4. The molecule has 1 N–H and O–H groups in total. The van der Waals surface area contributed by atoms with Crippen molar-refractivity contribution in [3.8, 4) is 11.1 Å². The van der Waals surface area contributed by atoms with Gasteiger partial charge in [-0.3, -0.25) is 0 Å². The first-order valence-corrected chi connectivity index (χ1v) is 6.94. The highest BCUT2D eigenvalue weighted by Gasteiger charge is 2.09. The topological polar surface area (TPSA) is 12.0 Å². The van der Waals surface area contributed by atoms with Gasteiger partial charge in [0.15, 0.2) is 11.6 Å². The number of hydrogen-bond donors (Lipinski definition) is 1. The van der Waals surface area contributed by atoms with Gasteiger partial charge >= 0.3 is 0 Å². The summed E-state index contributed by atoms with van der Waals surface area (Å²) in [5, 5.41) is 3.87. The summed E-state index contributed by atoms with van der Waals surface area (Å²) in [5.41, 5.74) is 2.45. The largest absolute Gasteiger partial charge is 0.313 e. The van der Waals surface area contributed by atoms with Gasteiger partial charge in [-0.2, -0.15) is 0 Å². The van der Waals surface area contributed by atoms with Gasteiger partial charge in [-0.05, 0) is 53.9 Å². The number of halogens is 3. The van der Waals surface area contributed by atoms with Crippen molar-refractivity contribution >= 4 is 11.6 Å². The average Bonchev–Trinajstić information content (AvgIpc) is 2.44. The Morgan fingerprint density at radius 3 is 2.55 bits per heavy atom. The van der Waals surface area contributed by atoms with Crippen molar-refractivity contribution in [1.29, 1.82) is 0 Å². The molecule has 0 aliphatic rings. The molecule has 2 aromatic carbocycles. The maximum Gasteiger partial charge on any atom is 0.159 e. The van der Waals surface area contributed by atoms with E-state index in [-0.39, 0.29) is 0 Å². The summed E-state index contributed by atoms with van der Waals surface area (Å²) in [6.07, 6.45) is 1.04. The number of benzene rings is 2. The quantitative estimate of drug-likeness (QED) is 0.782. The highest BCUT2D eigenvalue weighted by molar-refractivity contribution is 6.30. The van der Waals surface area contributed by atoms with E-state index in [2.05, 4.69) is 12.2 Å². The van der Waals surface area contributed by atoms with E-state index in [1.807, 2.05) is 6.07 Å². The van der Waals surface area contributed by atoms with Crippen LogP contribution in [0.5, 0.6) is 0 Å². The summed E-state index contributed by atoms with van der Waals surface area (Å²) in [5.74, 6) is -1.70. The third-order valence-electron chi connectivity index (χ3n) is 3.04. The van der Waals surface area contributed by atoms with Crippen LogP contribution in [-0.4, -0.2) is 6.54 Å². The summed E-state index contributed by atoms with van der Waals surface area (Å²) < 4.78 is 26.4. The molecule has 0 fully saturated rings. The van der Waals surface area contributed by atoms with Crippen molar-refractivity contribution in [3.63, 3.8) is 0 Å². The van der Waals surface area contributed by atoms with E-state index in [1.165, 1.54) is 6.07 Å². The molecule has 0 heterocycles. The fraction of sp³-hybridized carbons (Fsp3) is 0.250. The molecule has 0 unspecified atom stereocenters. The second-order valence-electron chi connectivity index (χ2n) is 4.61. The lowest BCUT2D eigenvalue weighted by molar-refractivity contribution is 0.509. The van der Waals surface area contributed by atoms with E-state index >= 15 is 0 Å². The Labute approximate surface area is 122 Å². The summed E-state index contributed by atoms with van der Waals surface area (Å²) >= 11 is 6.01. The molecule has 106 valence electrons. The van der Waals surface area contributed by atoms with E-state index in [1.54, 1.807) is 18.2 Å². The molecule has 0 saturated heterocycles. The van der Waals surface area contributed by atoms with Crippen LogP contribution in [0.3, 0.4) is 0 Å². The summed E-state index contributed by atoms with van der Waals surface area (Å²) in [4.78, 5) is 0. The molecule has 1 nitrogen and oxygen atoms in total. The standard InChI is InChI=1S/C16H16ClF2N/c1-2-7-20-10-12-3-5-13(17)9-14(12)11-4-6-15(18)16(19)8-11/h3-6,8-9,20H,2,7,10H2,1H3. The normalized spacial score (nSPS) is 10.8. The molecule has 0 saturated carbocycles. The van der Waals surface area contributed by atoms with Gasteiger partial charge in [-0.1, -0.05) is 30.7 Å². The Bertz CT molecular complexity index is 599. The smallest absolute Gasteiger partial charge is 0.159 e. The first-order valence-electron chi connectivity index (χ1n) is 6.56. The van der Waals surface area contributed by atoms with Gasteiger partial charge in [0.05, 0.1) is 0 Å². The van der Waals surface area contributed by atoms with Crippen molar-refractivity contribution in [3.05, 3.63) is 58.6 Å². The van der Waals surface area contributed by atoms with Crippen molar-refractivity contribution in [1.82, 2.24) is 5.32 Å². The first-order chi connectivity index (χ1) is 9.61. The van der Waals surface area contributed by atoms with Crippen LogP contribution in [0.4, 0.5) is 8.78 Å². The minimum Gasteiger partial charge on any atom is -0.313 e. The molecule has 2 aromatic rings. The Morgan fingerprint density at radius 2 is 1.85 bits per heavy atom. The van der Waals surface area contributed by atoms with Crippen LogP contribution < -0.4 is 5.32 Å². The van der Waals surface area contributed by atoms with Crippen molar-refractivity contribution in [2.24, 2.45) is 0 Å². The lowest BCUT2D eigenvalue weighted by Gasteiger charge is -2.11. The van der Waals surface area contributed by atoms with E-state index in [0.29, 0.717) is 17.1 Å². The van der Waals surface area contributed by atoms with E-state index in [9.17, 15) is 8.78 Å². The van der Waals surface area contributed by atoms with Gasteiger partial charge in [0, 0.05) is 11.6 Å². The number of hydrogen-bond acceptors (Lipinski definition) is 1. The molecule has 4 heteroatoms. The van der Waals surface area contributed by atoms with E-state index in [4.69, 9.17) is 11.6 Å². The highest BCUT2D eigenvalue weighted by Crippen LogP contribution is 2.28. The second-order valence-corrected chi connectivity index (χ2v) is 5.04. The Morgan fingerprint density at radius 1 is 1.05 bits per heavy atom. The molecule has 0 aliphatic heterocycles. The minimum absolute atomic E-state index is 0.573. The van der Waals surface area contributed by atoms with Gasteiger partial charge in [-0.25, -0.2) is 8.78 Å². The molecule has 0 radical (unpaired) electrons. The lowest BCUT2D eigenvalue weighted by Crippen LogP contribution is -2.14. The van der Waals surface area contributed by atoms with Crippen LogP contribution in [0.1, 0.15) is 18.9 Å². The zero-order valence-electron chi connectivity index (χ0n) is 11.2. The number of rotatable bonds is 5. The fourth-order valence-electron chi connectivity index (χ4n) is 2.04. The van der Waals surface area contributed by atoms with Gasteiger partial charge in [0.25, 0.3) is 0 Å². The maximum atomic E-state index is 13.4. The minimum atomic E-state index is -0.852. The van der Waals surface area contributed by atoms with Crippen LogP contribution in [0.25, 0.3) is 11.1 Å². The predicted octanol–water partition coefficient (Wildman–Crippen LogP) is 4.78. The molecule has 0 spiro atoms. The van der Waals surface area contributed by atoms with E-state index in [0.717, 1.165) is 30.2 Å². The van der Waals surface area contributed by atoms with E-state index < -0.39 is 11.6 Å². The first kappa shape index (κ1) is 14.9. The van der Waals surface area contributed by atoms with Gasteiger partial charge < -0.3 is 5.32 Å². The molecule has 0 aromatic heterocycles. The molecular weight excluding hydrogens is 280 g/mol. The van der Waals surface area contributed by atoms with Gasteiger partial charge in [0.2, 0.25) is 0 Å². The Hall–Kier alpha value is -1.45. The predicted molar refractivity (Wildman–Crippen MR) is 78.8 cm³/mol. The number of nitrogens with one attached hydrogen (secondary N) is 1. The third-order valence-corrected chi connectivity index (χ3v) is 3.28. The van der Waals surface area contributed by atoms with Crippen molar-refractivity contribution in [2.45, 2.75) is 19.9 Å². The summed E-state index contributed by atoms with van der Waals surface area (Å²) in [7, 11) is 0. The van der Waals surface area contributed by atoms with Crippen LogP contribution >= 0.6 is 11.6 Å². The van der Waals surface area contributed by atoms with Gasteiger partial charge in [-0.15, -0.1) is 0 Å².